The van der Waals surface area contributed by atoms with Crippen molar-refractivity contribution in [3.05, 3.63) is 0 Å². The van der Waals surface area contributed by atoms with Crippen LogP contribution < -0.4 is 0 Å². The lowest BCUT2D eigenvalue weighted by atomic mass is 10.2. The molecular formula is C8H18O2. The fourth-order valence-corrected chi connectivity index (χ4v) is 0.674. The summed E-state index contributed by atoms with van der Waals surface area (Å²) in [5.41, 5.74) is 0. The Kier molecular flexibility index (Phi) is 5.64. The molecule has 10 heavy (non-hydrogen) atoms. The molecule has 0 radical (unpaired) electrons. The van der Waals surface area contributed by atoms with Gasteiger partial charge in [0.25, 0.3) is 0 Å². The second-order valence-corrected chi connectivity index (χ2v) is 2.25. The second kappa shape index (κ2) is 5.69. The van der Waals surface area contributed by atoms with E-state index in [1.807, 2.05) is 20.8 Å². The average molecular weight is 146 g/mol. The summed E-state index contributed by atoms with van der Waals surface area (Å²) in [7, 11) is 0. The Bertz CT molecular complexity index is 69.7. The molecule has 62 valence electrons. The highest BCUT2D eigenvalue weighted by atomic mass is 16.6. The Hall–Kier alpha value is -0.0800. The van der Waals surface area contributed by atoms with Gasteiger partial charge in [-0.1, -0.05) is 20.8 Å². The van der Waals surface area contributed by atoms with Crippen LogP contribution in [0.1, 0.15) is 33.6 Å². The van der Waals surface area contributed by atoms with Gasteiger partial charge in [-0.15, -0.1) is 0 Å². The molecule has 2 unspecified atom stereocenters. The molecule has 0 aromatic carbocycles. The number of aliphatic hydroxyl groups is 1. The predicted octanol–water partition coefficient (Wildman–Crippen LogP) is 1.57. The molecule has 1 saturated heterocycles. The van der Waals surface area contributed by atoms with Crippen LogP contribution in [0.3, 0.4) is 0 Å². The molecule has 1 rings (SSSR count). The quantitative estimate of drug-likeness (QED) is 0.613. The van der Waals surface area contributed by atoms with E-state index in [4.69, 9.17) is 9.84 Å². The van der Waals surface area contributed by atoms with Crippen molar-refractivity contribution in [2.45, 2.75) is 45.8 Å². The van der Waals surface area contributed by atoms with Crippen molar-refractivity contribution in [1.82, 2.24) is 0 Å². The fraction of sp³-hybridized carbons (Fsp3) is 1.00. The van der Waals surface area contributed by atoms with Gasteiger partial charge in [-0.25, -0.2) is 0 Å². The summed E-state index contributed by atoms with van der Waals surface area (Å²) in [4.78, 5) is 0. The molecule has 1 heterocycles. The smallest absolute Gasteiger partial charge is 0.0834 e. The standard InChI is InChI=1S/C6H12O2.C2H6/c1-2-5(7)3-6-4-8-6;1-2/h5-7H,2-4H2,1H3;1-2H3. The number of ether oxygens (including phenoxy) is 1. The van der Waals surface area contributed by atoms with Crippen LogP contribution in [0.2, 0.25) is 0 Å². The highest BCUT2D eigenvalue weighted by Crippen LogP contribution is 2.16. The third-order valence-electron chi connectivity index (χ3n) is 1.41. The summed E-state index contributed by atoms with van der Waals surface area (Å²) < 4.78 is 4.92. The summed E-state index contributed by atoms with van der Waals surface area (Å²) in [5, 5.41) is 8.99. The highest BCUT2D eigenvalue weighted by Gasteiger charge is 2.24. The van der Waals surface area contributed by atoms with Crippen LogP contribution in [0.15, 0.2) is 0 Å². The van der Waals surface area contributed by atoms with Crippen molar-refractivity contribution >= 4 is 0 Å². The molecule has 1 fully saturated rings. The SMILES string of the molecule is CC.CCC(O)CC1CO1. The Morgan fingerprint density at radius 3 is 2.40 bits per heavy atom. The van der Waals surface area contributed by atoms with E-state index in [0.717, 1.165) is 19.4 Å². The van der Waals surface area contributed by atoms with Crippen molar-refractivity contribution in [3.63, 3.8) is 0 Å². The minimum absolute atomic E-state index is 0.137. The van der Waals surface area contributed by atoms with Gasteiger partial charge in [-0.3, -0.25) is 0 Å². The Balaban J connectivity index is 0.000000371. The van der Waals surface area contributed by atoms with E-state index in [0.29, 0.717) is 6.10 Å². The molecule has 0 amide bonds. The van der Waals surface area contributed by atoms with E-state index in [2.05, 4.69) is 0 Å². The van der Waals surface area contributed by atoms with Gasteiger partial charge in [-0.05, 0) is 6.42 Å². The summed E-state index contributed by atoms with van der Waals surface area (Å²) in [6.45, 7) is 6.84. The normalized spacial score (nSPS) is 24.6. The molecule has 0 spiro atoms. The zero-order valence-corrected chi connectivity index (χ0v) is 7.13. The zero-order chi connectivity index (χ0) is 7.98. The second-order valence-electron chi connectivity index (χ2n) is 2.25. The topological polar surface area (TPSA) is 32.8 Å². The van der Waals surface area contributed by atoms with E-state index in [1.165, 1.54) is 0 Å². The third-order valence-corrected chi connectivity index (χ3v) is 1.41. The molecule has 0 bridgehead atoms. The van der Waals surface area contributed by atoms with Crippen LogP contribution in [-0.2, 0) is 4.74 Å². The molecule has 0 saturated carbocycles. The van der Waals surface area contributed by atoms with Gasteiger partial charge >= 0.3 is 0 Å². The van der Waals surface area contributed by atoms with Crippen molar-refractivity contribution in [3.8, 4) is 0 Å². The van der Waals surface area contributed by atoms with Gasteiger partial charge in [0.15, 0.2) is 0 Å². The molecule has 0 aromatic heterocycles. The van der Waals surface area contributed by atoms with Crippen LogP contribution in [0.4, 0.5) is 0 Å². The summed E-state index contributed by atoms with van der Waals surface area (Å²) in [5.74, 6) is 0. The number of epoxide rings is 1. The Morgan fingerprint density at radius 2 is 2.10 bits per heavy atom. The molecule has 1 aliphatic rings. The largest absolute Gasteiger partial charge is 0.393 e. The van der Waals surface area contributed by atoms with Gasteiger partial charge in [-0.2, -0.15) is 0 Å². The third kappa shape index (κ3) is 4.77. The van der Waals surface area contributed by atoms with Gasteiger partial charge < -0.3 is 9.84 Å². The van der Waals surface area contributed by atoms with Crippen molar-refractivity contribution in [2.24, 2.45) is 0 Å². The van der Waals surface area contributed by atoms with Gasteiger partial charge in [0.2, 0.25) is 0 Å². The molecule has 1 aliphatic heterocycles. The summed E-state index contributed by atoms with van der Waals surface area (Å²) in [6, 6.07) is 0. The maximum absolute atomic E-state index is 8.99. The lowest BCUT2D eigenvalue weighted by molar-refractivity contribution is 0.148. The minimum atomic E-state index is -0.137. The van der Waals surface area contributed by atoms with Crippen molar-refractivity contribution < 1.29 is 9.84 Å². The van der Waals surface area contributed by atoms with E-state index in [9.17, 15) is 0 Å². The molecular weight excluding hydrogens is 128 g/mol. The number of hydrogen-bond donors (Lipinski definition) is 1. The molecule has 2 nitrogen and oxygen atoms in total. The summed E-state index contributed by atoms with van der Waals surface area (Å²) >= 11 is 0. The zero-order valence-electron chi connectivity index (χ0n) is 7.13. The lowest BCUT2D eigenvalue weighted by Crippen LogP contribution is -2.07. The van der Waals surface area contributed by atoms with Gasteiger partial charge in [0.1, 0.15) is 0 Å². The van der Waals surface area contributed by atoms with Gasteiger partial charge in [0.05, 0.1) is 18.8 Å². The molecule has 0 aromatic rings. The number of hydrogen-bond acceptors (Lipinski definition) is 2. The first-order valence-corrected chi connectivity index (χ1v) is 4.12. The lowest BCUT2D eigenvalue weighted by Gasteiger charge is -2.01. The van der Waals surface area contributed by atoms with Crippen LogP contribution in [0, 0.1) is 0 Å². The Morgan fingerprint density at radius 1 is 1.60 bits per heavy atom. The van der Waals surface area contributed by atoms with Crippen LogP contribution in [-0.4, -0.2) is 23.9 Å². The molecule has 1 N–H and O–H groups in total. The van der Waals surface area contributed by atoms with Gasteiger partial charge in [0, 0.05) is 6.42 Å². The first-order valence-electron chi connectivity index (χ1n) is 4.12. The predicted molar refractivity (Wildman–Crippen MR) is 42.0 cm³/mol. The van der Waals surface area contributed by atoms with Crippen molar-refractivity contribution in [2.75, 3.05) is 6.61 Å². The molecule has 2 heteroatoms. The maximum atomic E-state index is 8.99. The van der Waals surface area contributed by atoms with Crippen LogP contribution in [0.25, 0.3) is 0 Å². The first kappa shape index (κ1) is 9.92. The first-order chi connectivity index (χ1) is 4.83. The van der Waals surface area contributed by atoms with E-state index >= 15 is 0 Å². The monoisotopic (exact) mass is 146 g/mol. The van der Waals surface area contributed by atoms with Crippen LogP contribution in [0.5, 0.6) is 0 Å². The fourth-order valence-electron chi connectivity index (χ4n) is 0.674. The molecule has 0 aliphatic carbocycles. The number of rotatable bonds is 3. The van der Waals surface area contributed by atoms with Crippen molar-refractivity contribution in [1.29, 1.82) is 0 Å². The average Bonchev–Trinajstić information content (AvgIpc) is 2.76. The van der Waals surface area contributed by atoms with E-state index < -0.39 is 0 Å². The van der Waals surface area contributed by atoms with E-state index in [1.54, 1.807) is 0 Å². The molecule has 2 atom stereocenters. The summed E-state index contributed by atoms with van der Waals surface area (Å²) in [6.07, 6.45) is 1.92. The Labute approximate surface area is 63.2 Å². The highest BCUT2D eigenvalue weighted by molar-refractivity contribution is 4.72. The minimum Gasteiger partial charge on any atom is -0.393 e. The van der Waals surface area contributed by atoms with E-state index in [-0.39, 0.29) is 6.10 Å². The van der Waals surface area contributed by atoms with Crippen LogP contribution >= 0.6 is 0 Å². The maximum Gasteiger partial charge on any atom is 0.0834 e. The number of aliphatic hydroxyl groups excluding tert-OH is 1.